The number of methoxy groups -OCH3 is 7. The van der Waals surface area contributed by atoms with Gasteiger partial charge in [-0.1, -0.05) is 126 Å². The number of allylic oxidation sites excluding steroid dienone is 2. The van der Waals surface area contributed by atoms with Crippen molar-refractivity contribution in [3.05, 3.63) is 179 Å². The van der Waals surface area contributed by atoms with Crippen LogP contribution in [0.2, 0.25) is 0 Å². The lowest BCUT2D eigenvalue weighted by molar-refractivity contribution is 0.277. The zero-order valence-corrected chi connectivity index (χ0v) is 63.5. The summed E-state index contributed by atoms with van der Waals surface area (Å²) in [6.45, 7) is 37.5. The summed E-state index contributed by atoms with van der Waals surface area (Å²) in [6, 6.07) is 45.0. The third-order valence-electron chi connectivity index (χ3n) is 11.0. The zero-order chi connectivity index (χ0) is 72.3. The van der Waals surface area contributed by atoms with Crippen molar-refractivity contribution in [2.24, 2.45) is 30.8 Å². The van der Waals surface area contributed by atoms with Crippen LogP contribution >= 0.6 is 0 Å². The van der Waals surface area contributed by atoms with Gasteiger partial charge in [-0.2, -0.15) is 20.4 Å². The van der Waals surface area contributed by atoms with Gasteiger partial charge in [-0.15, -0.1) is 0 Å². The molecule has 0 fully saturated rings. The second kappa shape index (κ2) is 54.8. The van der Waals surface area contributed by atoms with Crippen LogP contribution in [-0.4, -0.2) is 125 Å². The van der Waals surface area contributed by atoms with Gasteiger partial charge in [0.05, 0.1) is 52.4 Å². The molecule has 0 N–H and O–H groups in total. The predicted molar refractivity (Wildman–Crippen MR) is 399 cm³/mol. The molecule has 0 saturated carbocycles. The summed E-state index contributed by atoms with van der Waals surface area (Å²) in [5, 5.41) is 14.4. The number of ether oxygens (including phenoxy) is 7. The molecule has 0 unspecified atom stereocenters. The number of azo groups is 1. The molecule has 6 rings (SSSR count). The number of rotatable bonds is 11. The van der Waals surface area contributed by atoms with Crippen molar-refractivity contribution in [2.45, 2.75) is 147 Å². The van der Waals surface area contributed by atoms with Gasteiger partial charge in [0.2, 0.25) is 9.84 Å². The first-order valence-corrected chi connectivity index (χ1v) is 33.3. The first kappa shape index (κ1) is 96.4. The van der Waals surface area contributed by atoms with Crippen molar-refractivity contribution in [3.63, 3.8) is 0 Å². The molecule has 0 heterocycles. The topological polar surface area (TPSA) is 195 Å². The van der Waals surface area contributed by atoms with E-state index in [0.29, 0.717) is 16.9 Å². The quantitative estimate of drug-likeness (QED) is 0.0518. The molecule has 0 radical (unpaired) electrons. The lowest BCUT2D eigenvalue weighted by Crippen LogP contribution is -2.18. The molecule has 6 aromatic rings. The number of hydrogen-bond acceptors (Lipinski definition) is 16. The monoisotopic (exact) mass is 1330 g/mol. The van der Waals surface area contributed by atoms with E-state index in [2.05, 4.69) is 162 Å². The van der Waals surface area contributed by atoms with Gasteiger partial charge in [0.15, 0.2) is 0 Å². The molecular weight excluding hydrogens is 1210 g/mol. The van der Waals surface area contributed by atoms with Crippen LogP contribution in [-0.2, 0) is 29.8 Å². The third-order valence-corrected chi connectivity index (χ3v) is 12.7. The number of benzene rings is 6. The van der Waals surface area contributed by atoms with Crippen molar-refractivity contribution in [1.29, 1.82) is 0 Å². The summed E-state index contributed by atoms with van der Waals surface area (Å²) in [5.41, 5.74) is 11.6. The van der Waals surface area contributed by atoms with Gasteiger partial charge in [0, 0.05) is 76.5 Å². The first-order valence-electron chi connectivity index (χ1n) is 29.5. The molecule has 6 aromatic carbocycles. The molecule has 0 atom stereocenters. The summed E-state index contributed by atoms with van der Waals surface area (Å²) in [5.74, 6) is 4.64. The van der Waals surface area contributed by atoms with Crippen molar-refractivity contribution in [2.75, 3.05) is 90.5 Å². The Labute approximate surface area is 565 Å². The Balaban J connectivity index is -0.000000236. The van der Waals surface area contributed by atoms with E-state index in [1.54, 1.807) is 88.1 Å². The number of aliphatic imine (C=N–C) groups is 1. The van der Waals surface area contributed by atoms with Crippen molar-refractivity contribution < 1.29 is 50.0 Å². The van der Waals surface area contributed by atoms with E-state index in [-0.39, 0.29) is 22.6 Å². The van der Waals surface area contributed by atoms with E-state index in [0.717, 1.165) is 52.6 Å². The summed E-state index contributed by atoms with van der Waals surface area (Å²) in [6.07, 6.45) is 2.32. The molecule has 18 heteroatoms. The third kappa shape index (κ3) is 56.8. The van der Waals surface area contributed by atoms with Crippen molar-refractivity contribution in [3.8, 4) is 34.5 Å². The minimum atomic E-state index is -3.50. The Kier molecular flexibility index (Phi) is 56.9. The highest BCUT2D eigenvalue weighted by atomic mass is 32.2. The molecule has 0 amide bonds. The lowest BCUT2D eigenvalue weighted by atomic mass is 9.78. The van der Waals surface area contributed by atoms with Gasteiger partial charge < -0.3 is 33.2 Å². The second-order valence-corrected chi connectivity index (χ2v) is 27.4. The fraction of sp³-hybridized carbons (Fsp3) is 0.453. The van der Waals surface area contributed by atoms with Crippen LogP contribution in [0.4, 0.5) is 0 Å². The van der Waals surface area contributed by atoms with E-state index in [1.807, 2.05) is 90.1 Å². The SMILES string of the molecule is C.CC(C)(C)C.CC(C)=C(C)C.CC(C)=NN=C(C)C.CN=C(C)C.CN=NC.COC.COc1ccc(C(C)(C)c2ccc(OC)cc2)cc1.COc1ccc(S(=O)(=O)c2ccc(OC)cc2)cc1.COc1cccc(OC)c1.CS(C)(=O)=O.Cc1ccc(C)cc1. The van der Waals surface area contributed by atoms with E-state index in [1.165, 1.54) is 71.9 Å². The molecular formula is C75H121N5O11S2. The van der Waals surface area contributed by atoms with Crippen LogP contribution in [0.3, 0.4) is 0 Å². The van der Waals surface area contributed by atoms with Crippen molar-refractivity contribution >= 4 is 36.8 Å². The highest BCUT2D eigenvalue weighted by molar-refractivity contribution is 7.91. The molecule has 0 aliphatic rings. The van der Waals surface area contributed by atoms with Crippen LogP contribution in [0.5, 0.6) is 34.5 Å². The Bertz CT molecular complexity index is 3020. The number of hydrogen-bond donors (Lipinski definition) is 0. The van der Waals surface area contributed by atoms with Crippen LogP contribution in [0, 0.1) is 19.3 Å². The predicted octanol–water partition coefficient (Wildman–Crippen LogP) is 19.2. The van der Waals surface area contributed by atoms with Gasteiger partial charge >= 0.3 is 0 Å². The first-order chi connectivity index (χ1) is 42.7. The van der Waals surface area contributed by atoms with Crippen LogP contribution in [0.25, 0.3) is 0 Å². The summed E-state index contributed by atoms with van der Waals surface area (Å²) in [7, 11) is 11.9. The fourth-order valence-electron chi connectivity index (χ4n) is 5.39. The fourth-order valence-corrected chi connectivity index (χ4v) is 6.65. The Morgan fingerprint density at radius 2 is 0.591 bits per heavy atom. The standard InChI is InChI=1S/C17H20O2.C14H14O4S.C8H10O2.C8H10.C6H12N2.C6H12.C5H12.C4H9N.C2H6N2.C2H6O2S.C2H6O.CH4/c1-17(2,13-5-9-15(18-3)10-6-13)14-7-11-16(19-4)12-8-14;1-17-11-3-7-13(8-4-11)19(15,16)14-9-5-12(18-2)6-10-14;1-9-7-4-3-5-8(6-7)10-2;1-7-3-5-8(2)6-4-7;1-5(2)7-8-6(3)4;1-5(2)6(3)4;1-5(2,3)4;1-4(2)5-3;1-3-4-2;1-5(2,3)4;1-3-2;/h5-12H,1-4H3;3-10H,1-2H3;3-6H,1-2H3;3-6H,1-2H3;1-4H3;1-4H3;1-4H3;1-3H3;1-2H3;1-2H3;1-2H3;1H4. The van der Waals surface area contributed by atoms with E-state index < -0.39 is 19.7 Å². The maximum Gasteiger partial charge on any atom is 0.206 e. The maximum atomic E-state index is 12.4. The largest absolute Gasteiger partial charge is 0.497 e. The molecule has 524 valence electrons. The second-order valence-electron chi connectivity index (χ2n) is 23.2. The maximum absolute atomic E-state index is 12.4. The Morgan fingerprint density at radius 1 is 0.376 bits per heavy atom. The highest BCUT2D eigenvalue weighted by Crippen LogP contribution is 2.33. The van der Waals surface area contributed by atoms with Crippen molar-refractivity contribution in [1.82, 2.24) is 0 Å². The minimum absolute atomic E-state index is 0. The van der Waals surface area contributed by atoms with Gasteiger partial charge in [-0.25, -0.2) is 16.8 Å². The molecule has 0 aliphatic heterocycles. The van der Waals surface area contributed by atoms with Gasteiger partial charge in [-0.05, 0) is 185 Å². The highest BCUT2D eigenvalue weighted by Gasteiger charge is 2.23. The van der Waals surface area contributed by atoms with Crippen LogP contribution in [0.1, 0.15) is 140 Å². The van der Waals surface area contributed by atoms with Crippen LogP contribution < -0.4 is 28.4 Å². The van der Waals surface area contributed by atoms with Crippen LogP contribution in [0.15, 0.2) is 192 Å². The average molecular weight is 1330 g/mol. The van der Waals surface area contributed by atoms with Gasteiger partial charge in [0.1, 0.15) is 44.3 Å². The van der Waals surface area contributed by atoms with Gasteiger partial charge in [0.25, 0.3) is 0 Å². The minimum Gasteiger partial charge on any atom is -0.497 e. The number of sulfone groups is 2. The summed E-state index contributed by atoms with van der Waals surface area (Å²) < 4.78 is 78.6. The Morgan fingerprint density at radius 3 is 0.763 bits per heavy atom. The number of aryl methyl sites for hydroxylation is 2. The molecule has 16 nitrogen and oxygen atoms in total. The normalized spacial score (nSPS) is 9.75. The van der Waals surface area contributed by atoms with E-state index >= 15 is 0 Å². The summed E-state index contributed by atoms with van der Waals surface area (Å²) >= 11 is 0. The van der Waals surface area contributed by atoms with E-state index in [4.69, 9.17) is 28.4 Å². The molecule has 0 aromatic heterocycles. The molecule has 0 spiro atoms. The number of nitrogens with zero attached hydrogens (tertiary/aromatic N) is 5. The van der Waals surface area contributed by atoms with E-state index in [9.17, 15) is 16.8 Å². The molecule has 0 saturated heterocycles. The Hall–Kier alpha value is -7.67. The molecule has 0 aliphatic carbocycles. The molecule has 93 heavy (non-hydrogen) atoms. The smallest absolute Gasteiger partial charge is 0.206 e. The van der Waals surface area contributed by atoms with Gasteiger partial charge in [-0.3, -0.25) is 4.99 Å². The zero-order valence-electron chi connectivity index (χ0n) is 61.9. The average Bonchev–Trinajstić information content (AvgIpc) is 0.827. The summed E-state index contributed by atoms with van der Waals surface area (Å²) in [4.78, 5) is 4.27. The lowest BCUT2D eigenvalue weighted by Gasteiger charge is -2.26. The molecule has 0 bridgehead atoms.